The van der Waals surface area contributed by atoms with Crippen molar-refractivity contribution in [1.29, 1.82) is 0 Å². The number of nitrogens with two attached hydrogens (primary N) is 1. The zero-order chi connectivity index (χ0) is 22.1. The van der Waals surface area contributed by atoms with Crippen LogP contribution in [0.2, 0.25) is 0 Å². The van der Waals surface area contributed by atoms with Crippen molar-refractivity contribution in [2.45, 2.75) is 43.7 Å². The lowest BCUT2D eigenvalue weighted by Gasteiger charge is -2.36. The largest absolute Gasteiger partial charge is 0.418 e. The van der Waals surface area contributed by atoms with Crippen molar-refractivity contribution in [3.8, 4) is 0 Å². The molecule has 164 valence electrons. The van der Waals surface area contributed by atoms with Gasteiger partial charge in [-0.25, -0.2) is 18.5 Å². The fraction of sp³-hybridized carbons (Fsp3) is 0.421. The lowest BCUT2D eigenvalue weighted by atomic mass is 10.1. The molecule has 2 unspecified atom stereocenters. The van der Waals surface area contributed by atoms with Crippen LogP contribution in [0.5, 0.6) is 0 Å². The molecule has 0 spiro atoms. The third kappa shape index (κ3) is 5.41. The number of hydrogen-bond acceptors (Lipinski definition) is 6. The molecular formula is C19H23F3N4O3S. The van der Waals surface area contributed by atoms with Gasteiger partial charge in [0.15, 0.2) is 0 Å². The molecule has 1 saturated heterocycles. The van der Waals surface area contributed by atoms with Crippen LogP contribution in [0.25, 0.3) is 0 Å². The van der Waals surface area contributed by atoms with Crippen LogP contribution in [0, 0.1) is 0 Å². The number of aromatic nitrogens is 1. The molecule has 1 fully saturated rings. The maximum absolute atomic E-state index is 13.4. The molecule has 1 aromatic carbocycles. The molecule has 1 aliphatic rings. The third-order valence-corrected chi connectivity index (χ3v) is 5.57. The molecule has 11 heteroatoms. The van der Waals surface area contributed by atoms with Gasteiger partial charge in [-0.15, -0.1) is 0 Å². The summed E-state index contributed by atoms with van der Waals surface area (Å²) in [6, 6.07) is 6.22. The number of sulfonamides is 1. The van der Waals surface area contributed by atoms with Gasteiger partial charge >= 0.3 is 6.18 Å². The summed E-state index contributed by atoms with van der Waals surface area (Å²) >= 11 is 0. The van der Waals surface area contributed by atoms with E-state index in [9.17, 15) is 21.6 Å². The molecular weight excluding hydrogens is 421 g/mol. The van der Waals surface area contributed by atoms with Gasteiger partial charge in [0.25, 0.3) is 0 Å². The first kappa shape index (κ1) is 22.3. The summed E-state index contributed by atoms with van der Waals surface area (Å²) in [6.07, 6.45) is -2.98. The Balaban J connectivity index is 1.74. The summed E-state index contributed by atoms with van der Waals surface area (Å²) in [5, 5.41) is 7.64. The van der Waals surface area contributed by atoms with E-state index in [-0.39, 0.29) is 24.4 Å². The molecule has 2 atom stereocenters. The first-order valence-corrected chi connectivity index (χ1v) is 10.8. The fourth-order valence-electron chi connectivity index (χ4n) is 3.36. The summed E-state index contributed by atoms with van der Waals surface area (Å²) in [5.41, 5.74) is -0.665. The van der Waals surface area contributed by atoms with Crippen LogP contribution in [-0.2, 0) is 27.5 Å². The number of nitrogens with one attached hydrogen (secondary N) is 1. The van der Waals surface area contributed by atoms with Crippen molar-refractivity contribution in [3.05, 3.63) is 47.7 Å². The van der Waals surface area contributed by atoms with E-state index in [1.54, 1.807) is 12.3 Å². The lowest BCUT2D eigenvalue weighted by molar-refractivity contribution is -0.137. The zero-order valence-electron chi connectivity index (χ0n) is 16.5. The van der Waals surface area contributed by atoms with Gasteiger partial charge in [0.2, 0.25) is 10.0 Å². The number of benzene rings is 1. The van der Waals surface area contributed by atoms with Crippen LogP contribution in [0.1, 0.15) is 25.0 Å². The summed E-state index contributed by atoms with van der Waals surface area (Å²) in [4.78, 5) is 5.92. The van der Waals surface area contributed by atoms with E-state index >= 15 is 0 Å². The minimum absolute atomic E-state index is 0.0815. The molecule has 2 heterocycles. The summed E-state index contributed by atoms with van der Waals surface area (Å²) in [6.45, 7) is 5.47. The number of morpholine rings is 1. The van der Waals surface area contributed by atoms with Gasteiger partial charge in [-0.05, 0) is 43.7 Å². The predicted octanol–water partition coefficient (Wildman–Crippen LogP) is 2.97. The molecule has 0 radical (unpaired) electrons. The monoisotopic (exact) mass is 444 g/mol. The number of anilines is 2. The summed E-state index contributed by atoms with van der Waals surface area (Å²) in [7, 11) is -4.24. The Morgan fingerprint density at radius 3 is 2.40 bits per heavy atom. The topological polar surface area (TPSA) is 97.6 Å². The SMILES string of the molecule is CC1CN(c2ccc(CNc3ccc(S(N)(=O)=O)cc3C(F)(F)F)cn2)CC(C)O1. The van der Waals surface area contributed by atoms with Crippen LogP contribution in [0.4, 0.5) is 24.7 Å². The van der Waals surface area contributed by atoms with Crippen molar-refractivity contribution >= 4 is 21.5 Å². The van der Waals surface area contributed by atoms with Gasteiger partial charge < -0.3 is 15.0 Å². The quantitative estimate of drug-likeness (QED) is 0.736. The highest BCUT2D eigenvalue weighted by Gasteiger charge is 2.34. The van der Waals surface area contributed by atoms with E-state index in [2.05, 4.69) is 15.2 Å². The zero-order valence-corrected chi connectivity index (χ0v) is 17.3. The van der Waals surface area contributed by atoms with Gasteiger partial charge in [0.05, 0.1) is 22.7 Å². The number of halogens is 3. The van der Waals surface area contributed by atoms with Crippen LogP contribution >= 0.6 is 0 Å². The molecule has 0 saturated carbocycles. The maximum atomic E-state index is 13.4. The average Bonchev–Trinajstić information content (AvgIpc) is 2.64. The predicted molar refractivity (Wildman–Crippen MR) is 107 cm³/mol. The number of pyridine rings is 1. The first-order chi connectivity index (χ1) is 13.9. The number of hydrogen-bond donors (Lipinski definition) is 2. The highest BCUT2D eigenvalue weighted by molar-refractivity contribution is 7.89. The van der Waals surface area contributed by atoms with Gasteiger partial charge in [0, 0.05) is 31.5 Å². The van der Waals surface area contributed by atoms with Crippen molar-refractivity contribution in [2.24, 2.45) is 5.14 Å². The Kier molecular flexibility index (Phi) is 6.25. The second-order valence-electron chi connectivity index (χ2n) is 7.29. The van der Waals surface area contributed by atoms with E-state index in [4.69, 9.17) is 9.88 Å². The van der Waals surface area contributed by atoms with Crippen molar-refractivity contribution in [3.63, 3.8) is 0 Å². The van der Waals surface area contributed by atoms with Crippen LogP contribution in [0.3, 0.4) is 0 Å². The number of alkyl halides is 3. The minimum Gasteiger partial charge on any atom is -0.380 e. The maximum Gasteiger partial charge on any atom is 0.418 e. The van der Waals surface area contributed by atoms with Gasteiger partial charge in [0.1, 0.15) is 5.82 Å². The van der Waals surface area contributed by atoms with Crippen molar-refractivity contribution in [2.75, 3.05) is 23.3 Å². The van der Waals surface area contributed by atoms with Crippen LogP contribution in [0.15, 0.2) is 41.4 Å². The van der Waals surface area contributed by atoms with Gasteiger partial charge in [-0.1, -0.05) is 6.07 Å². The molecule has 3 rings (SSSR count). The molecule has 2 aromatic rings. The van der Waals surface area contributed by atoms with E-state index < -0.39 is 26.7 Å². The third-order valence-electron chi connectivity index (χ3n) is 4.66. The van der Waals surface area contributed by atoms with Crippen molar-refractivity contribution in [1.82, 2.24) is 4.98 Å². The highest BCUT2D eigenvalue weighted by Crippen LogP contribution is 2.36. The number of primary sulfonamides is 1. The molecule has 0 bridgehead atoms. The average molecular weight is 444 g/mol. The Bertz CT molecular complexity index is 987. The summed E-state index contributed by atoms with van der Waals surface area (Å²) in [5.74, 6) is 0.772. The standard InChI is InChI=1S/C19H23F3N4O3S/c1-12-10-26(11-13(2)29-12)18-6-3-14(9-25-18)8-24-17-5-4-15(30(23,27)28)7-16(17)19(20,21)22/h3-7,9,12-13,24H,8,10-11H2,1-2H3,(H2,23,27,28). The Morgan fingerprint density at radius 1 is 1.20 bits per heavy atom. The van der Waals surface area contributed by atoms with Gasteiger partial charge in [-0.2, -0.15) is 13.2 Å². The molecule has 0 aliphatic carbocycles. The van der Waals surface area contributed by atoms with Crippen LogP contribution in [-0.4, -0.2) is 38.7 Å². The van der Waals surface area contributed by atoms with E-state index in [1.807, 2.05) is 19.9 Å². The summed E-state index contributed by atoms with van der Waals surface area (Å²) < 4.78 is 68.5. The van der Waals surface area contributed by atoms with Crippen LogP contribution < -0.4 is 15.4 Å². The smallest absolute Gasteiger partial charge is 0.380 e. The number of nitrogens with zero attached hydrogens (tertiary/aromatic N) is 2. The van der Waals surface area contributed by atoms with Crippen molar-refractivity contribution < 1.29 is 26.3 Å². The molecule has 1 aromatic heterocycles. The van der Waals surface area contributed by atoms with Gasteiger partial charge in [-0.3, -0.25) is 0 Å². The van der Waals surface area contributed by atoms with E-state index in [0.717, 1.165) is 18.0 Å². The molecule has 7 nitrogen and oxygen atoms in total. The van der Waals surface area contributed by atoms with E-state index in [0.29, 0.717) is 24.7 Å². The molecule has 0 amide bonds. The molecule has 1 aliphatic heterocycles. The number of ether oxygens (including phenoxy) is 1. The Hall–Kier alpha value is -2.37. The second kappa shape index (κ2) is 8.40. The highest BCUT2D eigenvalue weighted by atomic mass is 32.2. The fourth-order valence-corrected chi connectivity index (χ4v) is 3.90. The van der Waals surface area contributed by atoms with E-state index in [1.165, 1.54) is 0 Å². The minimum atomic E-state index is -4.74. The molecule has 3 N–H and O–H groups in total. The molecule has 30 heavy (non-hydrogen) atoms. The Morgan fingerprint density at radius 2 is 1.87 bits per heavy atom. The first-order valence-electron chi connectivity index (χ1n) is 9.27. The number of rotatable bonds is 5. The Labute approximate surface area is 173 Å². The second-order valence-corrected chi connectivity index (χ2v) is 8.85. The lowest BCUT2D eigenvalue weighted by Crippen LogP contribution is -2.45. The normalized spacial score (nSPS) is 20.3.